The van der Waals surface area contributed by atoms with Crippen molar-refractivity contribution >= 4 is 49.4 Å². The lowest BCUT2D eigenvalue weighted by Gasteiger charge is -2.31. The number of para-hydroxylation sites is 1. The van der Waals surface area contributed by atoms with Gasteiger partial charge in [-0.05, 0) is 78.8 Å². The standard InChI is InChI=1S/C45H33N/c1-45(2)40-19-10-8-18-38(40)44-41(45)20-12-22-43(44)46(42-21-11-9-17-35(42)30-13-4-3-5-14-30)33-26-23-32-25-27-36-34-16-7-6-15-31(34)24-28-37(36)39(32)29-33/h3-29H,1-2H3. The third-order valence-corrected chi connectivity index (χ3v) is 10.0. The van der Waals surface area contributed by atoms with E-state index >= 15 is 0 Å². The van der Waals surface area contributed by atoms with Gasteiger partial charge in [0.15, 0.2) is 0 Å². The van der Waals surface area contributed by atoms with Crippen molar-refractivity contribution in [3.8, 4) is 22.3 Å². The molecule has 0 radical (unpaired) electrons. The Labute approximate surface area is 270 Å². The fraction of sp³-hybridized carbons (Fsp3) is 0.0667. The second kappa shape index (κ2) is 10.2. The molecule has 218 valence electrons. The second-order valence-corrected chi connectivity index (χ2v) is 12.9. The van der Waals surface area contributed by atoms with E-state index in [9.17, 15) is 0 Å². The van der Waals surface area contributed by atoms with E-state index in [2.05, 4.69) is 183 Å². The highest BCUT2D eigenvalue weighted by Gasteiger charge is 2.37. The lowest BCUT2D eigenvalue weighted by molar-refractivity contribution is 0.660. The molecule has 0 fully saturated rings. The van der Waals surface area contributed by atoms with Crippen molar-refractivity contribution in [1.82, 2.24) is 0 Å². The molecule has 0 saturated carbocycles. The van der Waals surface area contributed by atoms with Crippen molar-refractivity contribution in [2.45, 2.75) is 19.3 Å². The van der Waals surface area contributed by atoms with Gasteiger partial charge in [-0.1, -0.05) is 153 Å². The first-order valence-electron chi connectivity index (χ1n) is 16.1. The molecule has 9 rings (SSSR count). The normalized spacial score (nSPS) is 13.2. The second-order valence-electron chi connectivity index (χ2n) is 12.9. The van der Waals surface area contributed by atoms with Gasteiger partial charge in [0.25, 0.3) is 0 Å². The molecular formula is C45H33N. The summed E-state index contributed by atoms with van der Waals surface area (Å²) >= 11 is 0. The van der Waals surface area contributed by atoms with Crippen molar-refractivity contribution in [3.05, 3.63) is 175 Å². The van der Waals surface area contributed by atoms with E-state index in [1.54, 1.807) is 0 Å². The van der Waals surface area contributed by atoms with Gasteiger partial charge in [-0.25, -0.2) is 0 Å². The molecule has 46 heavy (non-hydrogen) atoms. The Hall–Kier alpha value is -5.66. The van der Waals surface area contributed by atoms with Crippen LogP contribution in [0.3, 0.4) is 0 Å². The minimum atomic E-state index is -0.0901. The Kier molecular flexibility index (Phi) is 5.92. The Morgan fingerprint density at radius 2 is 1.02 bits per heavy atom. The van der Waals surface area contributed by atoms with Gasteiger partial charge in [-0.3, -0.25) is 0 Å². The van der Waals surface area contributed by atoms with Crippen molar-refractivity contribution in [2.24, 2.45) is 0 Å². The first-order chi connectivity index (χ1) is 22.6. The molecule has 0 aromatic heterocycles. The topological polar surface area (TPSA) is 3.24 Å². The average molecular weight is 588 g/mol. The van der Waals surface area contributed by atoms with Gasteiger partial charge in [0, 0.05) is 22.2 Å². The SMILES string of the molecule is CC1(C)c2ccccc2-c2c(N(c3ccc4ccc5c6ccccc6ccc5c4c3)c3ccccc3-c3ccccc3)cccc21. The first-order valence-corrected chi connectivity index (χ1v) is 16.1. The Bertz CT molecular complexity index is 2450. The van der Waals surface area contributed by atoms with Crippen LogP contribution in [-0.4, -0.2) is 0 Å². The van der Waals surface area contributed by atoms with Crippen LogP contribution in [0.4, 0.5) is 17.1 Å². The van der Waals surface area contributed by atoms with Crippen LogP contribution < -0.4 is 4.90 Å². The smallest absolute Gasteiger partial charge is 0.0543 e. The Morgan fingerprint density at radius 3 is 1.87 bits per heavy atom. The number of fused-ring (bicyclic) bond motifs is 8. The van der Waals surface area contributed by atoms with Gasteiger partial charge in [0.2, 0.25) is 0 Å². The maximum atomic E-state index is 2.50. The van der Waals surface area contributed by atoms with Crippen LogP contribution in [0.2, 0.25) is 0 Å². The lowest BCUT2D eigenvalue weighted by Crippen LogP contribution is -2.16. The summed E-state index contributed by atoms with van der Waals surface area (Å²) in [6.07, 6.45) is 0. The Morgan fingerprint density at radius 1 is 0.413 bits per heavy atom. The molecular weight excluding hydrogens is 555 g/mol. The third kappa shape index (κ3) is 3.95. The molecule has 0 bridgehead atoms. The minimum Gasteiger partial charge on any atom is -0.309 e. The molecule has 0 heterocycles. The van der Waals surface area contributed by atoms with E-state index in [-0.39, 0.29) is 5.41 Å². The highest BCUT2D eigenvalue weighted by Crippen LogP contribution is 2.55. The highest BCUT2D eigenvalue weighted by atomic mass is 15.1. The molecule has 1 aliphatic rings. The molecule has 0 atom stereocenters. The van der Waals surface area contributed by atoms with Gasteiger partial charge >= 0.3 is 0 Å². The van der Waals surface area contributed by atoms with E-state index < -0.39 is 0 Å². The van der Waals surface area contributed by atoms with Crippen LogP contribution in [-0.2, 0) is 5.41 Å². The van der Waals surface area contributed by atoms with E-state index in [0.717, 1.165) is 11.4 Å². The summed E-state index contributed by atoms with van der Waals surface area (Å²) in [4.78, 5) is 2.50. The van der Waals surface area contributed by atoms with Crippen LogP contribution in [0.5, 0.6) is 0 Å². The maximum absolute atomic E-state index is 2.50. The van der Waals surface area contributed by atoms with Crippen LogP contribution in [0.25, 0.3) is 54.6 Å². The van der Waals surface area contributed by atoms with E-state index in [0.29, 0.717) is 0 Å². The number of hydrogen-bond donors (Lipinski definition) is 0. The predicted octanol–water partition coefficient (Wildman–Crippen LogP) is 12.6. The molecule has 8 aromatic rings. The zero-order valence-electron chi connectivity index (χ0n) is 26.0. The highest BCUT2D eigenvalue weighted by molar-refractivity contribution is 6.18. The van der Waals surface area contributed by atoms with Crippen molar-refractivity contribution < 1.29 is 0 Å². The molecule has 1 aliphatic carbocycles. The van der Waals surface area contributed by atoms with Crippen molar-refractivity contribution in [1.29, 1.82) is 0 Å². The minimum absolute atomic E-state index is 0.0901. The van der Waals surface area contributed by atoms with Gasteiger partial charge < -0.3 is 4.90 Å². The van der Waals surface area contributed by atoms with Crippen LogP contribution in [0.1, 0.15) is 25.0 Å². The molecule has 0 amide bonds. The monoisotopic (exact) mass is 587 g/mol. The van der Waals surface area contributed by atoms with Crippen LogP contribution in [0, 0.1) is 0 Å². The van der Waals surface area contributed by atoms with Gasteiger partial charge in [-0.15, -0.1) is 0 Å². The third-order valence-electron chi connectivity index (χ3n) is 10.0. The molecule has 0 unspecified atom stereocenters. The molecule has 1 nitrogen and oxygen atoms in total. The average Bonchev–Trinajstić information content (AvgIpc) is 3.35. The first kappa shape index (κ1) is 26.7. The van der Waals surface area contributed by atoms with Crippen LogP contribution in [0.15, 0.2) is 164 Å². The zero-order chi connectivity index (χ0) is 30.8. The summed E-state index contributed by atoms with van der Waals surface area (Å²) in [6.45, 7) is 4.71. The maximum Gasteiger partial charge on any atom is 0.0543 e. The summed E-state index contributed by atoms with van der Waals surface area (Å²) in [5, 5.41) is 7.63. The molecule has 1 heteroatoms. The fourth-order valence-corrected chi connectivity index (χ4v) is 7.81. The molecule has 8 aromatic carbocycles. The summed E-state index contributed by atoms with van der Waals surface area (Å²) in [5.74, 6) is 0. The predicted molar refractivity (Wildman–Crippen MR) is 197 cm³/mol. The fourth-order valence-electron chi connectivity index (χ4n) is 7.81. The lowest BCUT2D eigenvalue weighted by atomic mass is 9.82. The number of nitrogens with zero attached hydrogens (tertiary/aromatic N) is 1. The summed E-state index contributed by atoms with van der Waals surface area (Å²) < 4.78 is 0. The summed E-state index contributed by atoms with van der Waals surface area (Å²) in [6, 6.07) is 60.2. The van der Waals surface area contributed by atoms with Crippen LogP contribution >= 0.6 is 0 Å². The number of rotatable bonds is 4. The van der Waals surface area contributed by atoms with E-state index in [1.165, 1.54) is 71.4 Å². The van der Waals surface area contributed by atoms with E-state index in [1.807, 2.05) is 0 Å². The molecule has 0 aliphatic heterocycles. The molecule has 0 N–H and O–H groups in total. The summed E-state index contributed by atoms with van der Waals surface area (Å²) in [7, 11) is 0. The van der Waals surface area contributed by atoms with Gasteiger partial charge in [0.05, 0.1) is 11.4 Å². The zero-order valence-corrected chi connectivity index (χ0v) is 26.0. The Balaban J connectivity index is 1.36. The quantitative estimate of drug-likeness (QED) is 0.185. The number of anilines is 3. The number of hydrogen-bond acceptors (Lipinski definition) is 1. The molecule has 0 saturated heterocycles. The van der Waals surface area contributed by atoms with Crippen molar-refractivity contribution in [3.63, 3.8) is 0 Å². The van der Waals surface area contributed by atoms with Gasteiger partial charge in [-0.2, -0.15) is 0 Å². The van der Waals surface area contributed by atoms with Gasteiger partial charge in [0.1, 0.15) is 0 Å². The largest absolute Gasteiger partial charge is 0.309 e. The van der Waals surface area contributed by atoms with Crippen molar-refractivity contribution in [2.75, 3.05) is 4.90 Å². The summed E-state index contributed by atoms with van der Waals surface area (Å²) in [5.41, 5.74) is 11.2. The van der Waals surface area contributed by atoms with E-state index in [4.69, 9.17) is 0 Å². The number of benzene rings is 8. The molecule has 0 spiro atoms.